The van der Waals surface area contributed by atoms with Gasteiger partial charge in [-0.15, -0.1) is 0 Å². The van der Waals surface area contributed by atoms with Crippen LogP contribution in [0.4, 0.5) is 0 Å². The molecule has 2 fully saturated rings. The van der Waals surface area contributed by atoms with Crippen molar-refractivity contribution in [2.75, 3.05) is 0 Å². The molecule has 0 aromatic rings. The highest BCUT2D eigenvalue weighted by atomic mass is 14.3. The van der Waals surface area contributed by atoms with Crippen LogP contribution in [-0.2, 0) is 0 Å². The summed E-state index contributed by atoms with van der Waals surface area (Å²) in [7, 11) is 0. The summed E-state index contributed by atoms with van der Waals surface area (Å²) >= 11 is 0. The van der Waals surface area contributed by atoms with Crippen LogP contribution in [0.1, 0.15) is 72.1 Å². The third-order valence-corrected chi connectivity index (χ3v) is 5.55. The van der Waals surface area contributed by atoms with Crippen LogP contribution < -0.4 is 0 Å². The van der Waals surface area contributed by atoms with Gasteiger partial charge >= 0.3 is 0 Å². The monoisotopic (exact) mass is 270 g/mol. The number of rotatable bonds is 2. The summed E-state index contributed by atoms with van der Waals surface area (Å²) in [6.07, 6.45) is 11.5. The molecule has 0 nitrogen and oxygen atoms in total. The normalized spacial score (nSPS) is 37.2. The molecular weight excluding hydrogens is 240 g/mol. The molecule has 0 amide bonds. The van der Waals surface area contributed by atoms with Gasteiger partial charge in [-0.05, 0) is 61.7 Å². The maximum absolute atomic E-state index is 3.42. The average molecular weight is 270 g/mol. The van der Waals surface area contributed by atoms with E-state index in [4.69, 9.17) is 0 Å². The van der Waals surface area contributed by atoms with Crippen LogP contribution in [0.25, 0.3) is 0 Å². The largest absolute Gasteiger partial charge is 0.0925 e. The van der Waals surface area contributed by atoms with Crippen molar-refractivity contribution in [3.8, 4) is 23.7 Å². The molecule has 2 rings (SSSR count). The molecule has 20 heavy (non-hydrogen) atoms. The van der Waals surface area contributed by atoms with Gasteiger partial charge < -0.3 is 0 Å². The Morgan fingerprint density at radius 1 is 0.850 bits per heavy atom. The van der Waals surface area contributed by atoms with Gasteiger partial charge in [-0.3, -0.25) is 0 Å². The predicted octanol–water partition coefficient (Wildman–Crippen LogP) is 5.28. The molecule has 3 unspecified atom stereocenters. The third-order valence-electron chi connectivity index (χ3n) is 5.55. The highest BCUT2D eigenvalue weighted by molar-refractivity contribution is 5.26. The minimum Gasteiger partial charge on any atom is -0.0925 e. The van der Waals surface area contributed by atoms with Crippen LogP contribution in [0.2, 0.25) is 0 Å². The number of hydrogen-bond acceptors (Lipinski definition) is 0. The van der Waals surface area contributed by atoms with Crippen LogP contribution in [0.15, 0.2) is 0 Å². The Bertz CT molecular complexity index is 403. The lowest BCUT2D eigenvalue weighted by Gasteiger charge is -2.35. The van der Waals surface area contributed by atoms with Crippen molar-refractivity contribution in [3.05, 3.63) is 0 Å². The summed E-state index contributed by atoms with van der Waals surface area (Å²) in [6, 6.07) is 0. The van der Waals surface area contributed by atoms with Crippen molar-refractivity contribution < 1.29 is 0 Å². The standard InChI is InChI=1S/C20H30/c1-4-5-6-7-20-15-19(13-10-17(20)3)14-18-11-8-16(2)9-12-18/h16-20H,8-15H2,1-3H3. The lowest BCUT2D eigenvalue weighted by Crippen LogP contribution is -2.24. The van der Waals surface area contributed by atoms with E-state index in [9.17, 15) is 0 Å². The van der Waals surface area contributed by atoms with Gasteiger partial charge in [0.1, 0.15) is 0 Å². The zero-order valence-corrected chi connectivity index (χ0v) is 13.5. The molecule has 0 saturated heterocycles. The lowest BCUT2D eigenvalue weighted by atomic mass is 9.70. The van der Waals surface area contributed by atoms with Gasteiger partial charge in [0.2, 0.25) is 0 Å². The van der Waals surface area contributed by atoms with E-state index in [1.807, 2.05) is 6.92 Å². The molecule has 0 spiro atoms. The van der Waals surface area contributed by atoms with Crippen molar-refractivity contribution in [1.29, 1.82) is 0 Å². The molecule has 2 aliphatic carbocycles. The molecule has 3 atom stereocenters. The molecule has 0 heteroatoms. The topological polar surface area (TPSA) is 0 Å². The molecule has 110 valence electrons. The average Bonchev–Trinajstić information content (AvgIpc) is 2.45. The minimum atomic E-state index is 0.595. The summed E-state index contributed by atoms with van der Waals surface area (Å²) < 4.78 is 0. The Labute approximate surface area is 126 Å². The fourth-order valence-electron chi connectivity index (χ4n) is 4.05. The molecule has 0 aliphatic heterocycles. The fraction of sp³-hybridized carbons (Fsp3) is 0.800. The Hall–Kier alpha value is -0.880. The highest BCUT2D eigenvalue weighted by Crippen LogP contribution is 2.40. The van der Waals surface area contributed by atoms with Crippen molar-refractivity contribution in [2.24, 2.45) is 29.6 Å². The molecule has 0 heterocycles. The second-order valence-corrected chi connectivity index (χ2v) is 7.27. The summed E-state index contributed by atoms with van der Waals surface area (Å²) in [5.41, 5.74) is 0. The Kier molecular flexibility index (Phi) is 6.04. The van der Waals surface area contributed by atoms with E-state index in [0.29, 0.717) is 5.92 Å². The van der Waals surface area contributed by atoms with Crippen molar-refractivity contribution in [2.45, 2.75) is 72.1 Å². The molecule has 0 N–H and O–H groups in total. The minimum absolute atomic E-state index is 0.595. The van der Waals surface area contributed by atoms with Crippen LogP contribution >= 0.6 is 0 Å². The van der Waals surface area contributed by atoms with E-state index in [0.717, 1.165) is 23.7 Å². The van der Waals surface area contributed by atoms with Crippen LogP contribution in [0.3, 0.4) is 0 Å². The van der Waals surface area contributed by atoms with Crippen molar-refractivity contribution in [1.82, 2.24) is 0 Å². The first kappa shape index (κ1) is 15.5. The summed E-state index contributed by atoms with van der Waals surface area (Å²) in [6.45, 7) is 6.65. The van der Waals surface area contributed by atoms with Gasteiger partial charge in [-0.2, -0.15) is 0 Å². The predicted molar refractivity (Wildman–Crippen MR) is 87.0 cm³/mol. The van der Waals surface area contributed by atoms with Gasteiger partial charge in [0.25, 0.3) is 0 Å². The van der Waals surface area contributed by atoms with Gasteiger partial charge in [0, 0.05) is 5.92 Å². The maximum Gasteiger partial charge on any atom is 0.0241 e. The van der Waals surface area contributed by atoms with E-state index in [1.165, 1.54) is 51.4 Å². The molecule has 0 radical (unpaired) electrons. The van der Waals surface area contributed by atoms with E-state index in [2.05, 4.69) is 37.5 Å². The van der Waals surface area contributed by atoms with E-state index < -0.39 is 0 Å². The first-order chi connectivity index (χ1) is 9.69. The van der Waals surface area contributed by atoms with Crippen LogP contribution in [-0.4, -0.2) is 0 Å². The smallest absolute Gasteiger partial charge is 0.0241 e. The zero-order chi connectivity index (χ0) is 14.4. The second kappa shape index (κ2) is 7.78. The molecule has 2 aliphatic rings. The quantitative estimate of drug-likeness (QED) is 0.599. The third kappa shape index (κ3) is 4.59. The van der Waals surface area contributed by atoms with Crippen LogP contribution in [0.5, 0.6) is 0 Å². The van der Waals surface area contributed by atoms with Gasteiger partial charge in [-0.25, -0.2) is 0 Å². The SMILES string of the molecule is CC#CC#CC1CC(CC2CCC(C)CC2)CCC1C. The van der Waals surface area contributed by atoms with Gasteiger partial charge in [-0.1, -0.05) is 57.8 Å². The fourth-order valence-corrected chi connectivity index (χ4v) is 4.05. The molecule has 0 aromatic carbocycles. The summed E-state index contributed by atoms with van der Waals surface area (Å²) in [5.74, 6) is 16.5. The van der Waals surface area contributed by atoms with E-state index in [1.54, 1.807) is 0 Å². The molecule has 0 bridgehead atoms. The van der Waals surface area contributed by atoms with E-state index in [-0.39, 0.29) is 0 Å². The Balaban J connectivity index is 1.84. The maximum atomic E-state index is 3.42. The summed E-state index contributed by atoms with van der Waals surface area (Å²) in [4.78, 5) is 0. The zero-order valence-electron chi connectivity index (χ0n) is 13.5. The molecular formula is C20H30. The van der Waals surface area contributed by atoms with Gasteiger partial charge in [0.15, 0.2) is 0 Å². The van der Waals surface area contributed by atoms with E-state index >= 15 is 0 Å². The Morgan fingerprint density at radius 3 is 2.25 bits per heavy atom. The summed E-state index contributed by atoms with van der Waals surface area (Å²) in [5, 5.41) is 0. The first-order valence-electron chi connectivity index (χ1n) is 8.61. The second-order valence-electron chi connectivity index (χ2n) is 7.27. The molecule has 2 saturated carbocycles. The van der Waals surface area contributed by atoms with Gasteiger partial charge in [0.05, 0.1) is 0 Å². The highest BCUT2D eigenvalue weighted by Gasteiger charge is 2.29. The molecule has 0 aromatic heterocycles. The van der Waals surface area contributed by atoms with Crippen LogP contribution in [0, 0.1) is 53.3 Å². The van der Waals surface area contributed by atoms with Crippen molar-refractivity contribution in [3.63, 3.8) is 0 Å². The van der Waals surface area contributed by atoms with Crippen molar-refractivity contribution >= 4 is 0 Å². The Morgan fingerprint density at radius 2 is 1.55 bits per heavy atom. The number of hydrogen-bond donors (Lipinski definition) is 0. The first-order valence-corrected chi connectivity index (χ1v) is 8.61. The lowest BCUT2D eigenvalue weighted by molar-refractivity contribution is 0.177.